The maximum Gasteiger partial charge on any atom is 0.229 e. The molecular weight excluding hydrogens is 298 g/mol. The van der Waals surface area contributed by atoms with Crippen molar-refractivity contribution in [2.24, 2.45) is 5.92 Å². The monoisotopic (exact) mass is 319 g/mol. The predicted octanol–water partition coefficient (Wildman–Crippen LogP) is 1.89. The molecule has 1 saturated heterocycles. The number of halogens is 1. The van der Waals surface area contributed by atoms with E-state index in [0.29, 0.717) is 11.6 Å². The fraction of sp³-hybridized carbons (Fsp3) is 0.538. The molecule has 1 fully saturated rings. The molecular formula is C13H22ClN3O2S. The van der Waals surface area contributed by atoms with E-state index in [4.69, 9.17) is 0 Å². The zero-order valence-electron chi connectivity index (χ0n) is 11.6. The highest BCUT2D eigenvalue weighted by Crippen LogP contribution is 2.16. The second kappa shape index (κ2) is 7.71. The van der Waals surface area contributed by atoms with Crippen LogP contribution in [-0.4, -0.2) is 34.3 Å². The Morgan fingerprint density at radius 3 is 2.45 bits per heavy atom. The summed E-state index contributed by atoms with van der Waals surface area (Å²) in [5, 5.41) is 6.78. The summed E-state index contributed by atoms with van der Waals surface area (Å²) in [6.45, 7) is 3.15. The first-order chi connectivity index (χ1) is 9.03. The maximum atomic E-state index is 11.1. The molecule has 5 nitrogen and oxygen atoms in total. The molecule has 7 heteroatoms. The number of hydrogen-bond acceptors (Lipinski definition) is 4. The molecule has 1 aromatic carbocycles. The number of sulfonamides is 1. The van der Waals surface area contributed by atoms with Crippen molar-refractivity contribution in [3.8, 4) is 0 Å². The van der Waals surface area contributed by atoms with Gasteiger partial charge in [-0.3, -0.25) is 4.72 Å². The molecule has 1 heterocycles. The summed E-state index contributed by atoms with van der Waals surface area (Å²) in [6, 6.07) is 7.32. The third-order valence-electron chi connectivity index (χ3n) is 3.18. The Hall–Kier alpha value is -0.980. The van der Waals surface area contributed by atoms with Crippen LogP contribution in [0.2, 0.25) is 0 Å². The average Bonchev–Trinajstić information content (AvgIpc) is 2.37. The molecule has 0 bridgehead atoms. The molecule has 1 aliphatic heterocycles. The number of anilines is 2. The Kier molecular flexibility index (Phi) is 6.58. The SMILES string of the molecule is CS(=O)(=O)Nc1ccc(NCC2CCCNC2)cc1.Cl. The van der Waals surface area contributed by atoms with Crippen LogP contribution in [0.25, 0.3) is 0 Å². The Morgan fingerprint density at radius 2 is 1.90 bits per heavy atom. The Labute approximate surface area is 127 Å². The van der Waals surface area contributed by atoms with Crippen LogP contribution < -0.4 is 15.4 Å². The van der Waals surface area contributed by atoms with Gasteiger partial charge in [-0.2, -0.15) is 0 Å². The zero-order chi connectivity index (χ0) is 13.7. The smallest absolute Gasteiger partial charge is 0.229 e. The molecule has 1 unspecified atom stereocenters. The van der Waals surface area contributed by atoms with Crippen LogP contribution >= 0.6 is 12.4 Å². The van der Waals surface area contributed by atoms with Crippen LogP contribution in [0.4, 0.5) is 11.4 Å². The minimum atomic E-state index is -3.20. The second-order valence-electron chi connectivity index (χ2n) is 5.04. The molecule has 2 rings (SSSR count). The van der Waals surface area contributed by atoms with E-state index >= 15 is 0 Å². The van der Waals surface area contributed by atoms with Crippen molar-refractivity contribution in [3.63, 3.8) is 0 Å². The van der Waals surface area contributed by atoms with Gasteiger partial charge in [0.2, 0.25) is 10.0 Å². The fourth-order valence-electron chi connectivity index (χ4n) is 2.23. The summed E-state index contributed by atoms with van der Waals surface area (Å²) < 4.78 is 24.6. The maximum absolute atomic E-state index is 11.1. The molecule has 1 aliphatic rings. The Bertz CT molecular complexity index is 499. The van der Waals surface area contributed by atoms with Gasteiger partial charge in [0.15, 0.2) is 0 Å². The number of benzene rings is 1. The van der Waals surface area contributed by atoms with E-state index in [1.54, 1.807) is 12.1 Å². The highest BCUT2D eigenvalue weighted by molar-refractivity contribution is 7.92. The normalized spacial score (nSPS) is 18.9. The third kappa shape index (κ3) is 5.98. The van der Waals surface area contributed by atoms with Crippen molar-refractivity contribution in [2.45, 2.75) is 12.8 Å². The van der Waals surface area contributed by atoms with Gasteiger partial charge in [0.1, 0.15) is 0 Å². The van der Waals surface area contributed by atoms with Gasteiger partial charge in [-0.15, -0.1) is 12.4 Å². The molecule has 20 heavy (non-hydrogen) atoms. The lowest BCUT2D eigenvalue weighted by atomic mass is 10.00. The fourth-order valence-corrected chi connectivity index (χ4v) is 2.79. The average molecular weight is 320 g/mol. The van der Waals surface area contributed by atoms with Crippen LogP contribution in [0.5, 0.6) is 0 Å². The van der Waals surface area contributed by atoms with Crippen molar-refractivity contribution >= 4 is 33.8 Å². The van der Waals surface area contributed by atoms with E-state index in [9.17, 15) is 8.42 Å². The molecule has 114 valence electrons. The Balaban J connectivity index is 0.00000200. The molecule has 0 saturated carbocycles. The van der Waals surface area contributed by atoms with Crippen LogP contribution in [0.1, 0.15) is 12.8 Å². The number of hydrogen-bond donors (Lipinski definition) is 3. The van der Waals surface area contributed by atoms with Crippen molar-refractivity contribution < 1.29 is 8.42 Å². The van der Waals surface area contributed by atoms with Crippen molar-refractivity contribution in [2.75, 3.05) is 35.9 Å². The highest BCUT2D eigenvalue weighted by Gasteiger charge is 2.12. The van der Waals surface area contributed by atoms with Crippen LogP contribution in [0.15, 0.2) is 24.3 Å². The predicted molar refractivity (Wildman–Crippen MR) is 86.2 cm³/mol. The lowest BCUT2D eigenvalue weighted by Crippen LogP contribution is -2.33. The largest absolute Gasteiger partial charge is 0.385 e. The second-order valence-corrected chi connectivity index (χ2v) is 6.79. The summed E-state index contributed by atoms with van der Waals surface area (Å²) >= 11 is 0. The summed E-state index contributed by atoms with van der Waals surface area (Å²) in [4.78, 5) is 0. The van der Waals surface area contributed by atoms with Crippen LogP contribution in [-0.2, 0) is 10.0 Å². The summed E-state index contributed by atoms with van der Waals surface area (Å²) in [6.07, 6.45) is 3.65. The first kappa shape index (κ1) is 17.1. The number of rotatable bonds is 5. The summed E-state index contributed by atoms with van der Waals surface area (Å²) in [7, 11) is -3.20. The quantitative estimate of drug-likeness (QED) is 0.775. The third-order valence-corrected chi connectivity index (χ3v) is 3.79. The highest BCUT2D eigenvalue weighted by atomic mass is 35.5. The van der Waals surface area contributed by atoms with E-state index in [2.05, 4.69) is 15.4 Å². The summed E-state index contributed by atoms with van der Waals surface area (Å²) in [5.41, 5.74) is 1.61. The van der Waals surface area contributed by atoms with Gasteiger partial charge < -0.3 is 10.6 Å². The van der Waals surface area contributed by atoms with E-state index in [-0.39, 0.29) is 12.4 Å². The van der Waals surface area contributed by atoms with Gasteiger partial charge in [-0.05, 0) is 56.1 Å². The number of piperidine rings is 1. The topological polar surface area (TPSA) is 70.2 Å². The molecule has 0 aliphatic carbocycles. The molecule has 1 atom stereocenters. The van der Waals surface area contributed by atoms with Gasteiger partial charge in [0.05, 0.1) is 6.26 Å². The molecule has 3 N–H and O–H groups in total. The van der Waals surface area contributed by atoms with Crippen molar-refractivity contribution in [1.29, 1.82) is 0 Å². The van der Waals surface area contributed by atoms with E-state index < -0.39 is 10.0 Å². The van der Waals surface area contributed by atoms with Crippen LogP contribution in [0, 0.1) is 5.92 Å². The standard InChI is InChI=1S/C13H21N3O2S.ClH/c1-19(17,18)16-13-6-4-12(5-7-13)15-10-11-3-2-8-14-9-11;/h4-7,11,14-16H,2-3,8-10H2,1H3;1H. The molecule has 0 radical (unpaired) electrons. The lowest BCUT2D eigenvalue weighted by Gasteiger charge is -2.23. The van der Waals surface area contributed by atoms with E-state index in [0.717, 1.165) is 31.6 Å². The van der Waals surface area contributed by atoms with Gasteiger partial charge in [-0.25, -0.2) is 8.42 Å². The van der Waals surface area contributed by atoms with Gasteiger partial charge in [-0.1, -0.05) is 0 Å². The number of nitrogens with one attached hydrogen (secondary N) is 3. The summed E-state index contributed by atoms with van der Waals surface area (Å²) in [5.74, 6) is 0.669. The van der Waals surface area contributed by atoms with Crippen molar-refractivity contribution in [1.82, 2.24) is 5.32 Å². The molecule has 0 spiro atoms. The van der Waals surface area contributed by atoms with Gasteiger partial charge in [0.25, 0.3) is 0 Å². The minimum absolute atomic E-state index is 0. The van der Waals surface area contributed by atoms with E-state index in [1.165, 1.54) is 12.8 Å². The molecule has 0 aromatic heterocycles. The molecule has 1 aromatic rings. The first-order valence-corrected chi connectivity index (χ1v) is 8.44. The lowest BCUT2D eigenvalue weighted by molar-refractivity contribution is 0.393. The molecule has 0 amide bonds. The van der Waals surface area contributed by atoms with E-state index in [1.807, 2.05) is 12.1 Å². The zero-order valence-corrected chi connectivity index (χ0v) is 13.2. The Morgan fingerprint density at radius 1 is 1.25 bits per heavy atom. The van der Waals surface area contributed by atoms with Crippen LogP contribution in [0.3, 0.4) is 0 Å². The minimum Gasteiger partial charge on any atom is -0.385 e. The van der Waals surface area contributed by atoms with Gasteiger partial charge >= 0.3 is 0 Å². The van der Waals surface area contributed by atoms with Gasteiger partial charge in [0, 0.05) is 17.9 Å². The first-order valence-electron chi connectivity index (χ1n) is 6.55. The van der Waals surface area contributed by atoms with Crippen molar-refractivity contribution in [3.05, 3.63) is 24.3 Å².